The minimum atomic E-state index is -1.04. The molecule has 1 aliphatic heterocycles. The third-order valence-electron chi connectivity index (χ3n) is 3.60. The van der Waals surface area contributed by atoms with E-state index in [0.29, 0.717) is 5.69 Å². The summed E-state index contributed by atoms with van der Waals surface area (Å²) in [6.45, 7) is 4.88. The van der Waals surface area contributed by atoms with Crippen molar-refractivity contribution in [3.8, 4) is 0 Å². The Kier molecular flexibility index (Phi) is 4.48. The molecule has 0 spiro atoms. The van der Waals surface area contributed by atoms with Gasteiger partial charge in [-0.1, -0.05) is 15.9 Å². The minimum Gasteiger partial charge on any atom is -0.342 e. The summed E-state index contributed by atoms with van der Waals surface area (Å²) in [5.41, 5.74) is -0.349. The highest BCUT2D eigenvalue weighted by atomic mass is 79.9. The van der Waals surface area contributed by atoms with E-state index in [1.165, 1.54) is 0 Å². The highest BCUT2D eigenvalue weighted by Gasteiger charge is 2.39. The normalized spacial score (nSPS) is 15.2. The molecule has 1 N–H and O–H groups in total. The summed E-state index contributed by atoms with van der Waals surface area (Å²) in [7, 11) is 0. The second-order valence-corrected chi connectivity index (χ2v) is 6.50. The van der Waals surface area contributed by atoms with Gasteiger partial charge in [0.1, 0.15) is 5.41 Å². The molecule has 0 atom stereocenters. The number of carbonyl (C=O) groups excluding carboxylic acids is 2. The monoisotopic (exact) mass is 338 g/mol. The van der Waals surface area contributed by atoms with Gasteiger partial charge in [0.25, 0.3) is 0 Å². The van der Waals surface area contributed by atoms with E-state index in [2.05, 4.69) is 21.2 Å². The average molecular weight is 339 g/mol. The Morgan fingerprint density at radius 1 is 1.15 bits per heavy atom. The van der Waals surface area contributed by atoms with Crippen LogP contribution in [0.3, 0.4) is 0 Å². The van der Waals surface area contributed by atoms with Crippen LogP contribution in [0, 0.1) is 5.41 Å². The number of hydrogen-bond acceptors (Lipinski definition) is 2. The maximum Gasteiger partial charge on any atom is 0.239 e. The minimum absolute atomic E-state index is 0.0930. The number of likely N-dealkylation sites (tertiary alicyclic amines) is 1. The van der Waals surface area contributed by atoms with E-state index >= 15 is 0 Å². The Bertz CT molecular complexity index is 505. The molecule has 2 rings (SSSR count). The lowest BCUT2D eigenvalue weighted by Gasteiger charge is -2.28. The Hall–Kier alpha value is -1.36. The van der Waals surface area contributed by atoms with Crippen LogP contribution in [0.2, 0.25) is 0 Å². The third-order valence-corrected chi connectivity index (χ3v) is 4.13. The molecule has 1 aromatic rings. The van der Waals surface area contributed by atoms with Crippen LogP contribution in [-0.2, 0) is 9.59 Å². The maximum absolute atomic E-state index is 12.4. The Morgan fingerprint density at radius 2 is 1.70 bits per heavy atom. The summed E-state index contributed by atoms with van der Waals surface area (Å²) in [6.07, 6.45) is 2.05. The molecular formula is C15H19BrN2O2. The molecule has 20 heavy (non-hydrogen) atoms. The fraction of sp³-hybridized carbons (Fsp3) is 0.467. The first-order chi connectivity index (χ1) is 9.41. The zero-order valence-corrected chi connectivity index (χ0v) is 13.4. The number of halogens is 1. The average Bonchev–Trinajstić information content (AvgIpc) is 2.94. The molecule has 108 valence electrons. The predicted octanol–water partition coefficient (Wildman–Crippen LogP) is 3.04. The number of nitrogens with one attached hydrogen (secondary N) is 1. The van der Waals surface area contributed by atoms with Crippen LogP contribution in [0.15, 0.2) is 28.7 Å². The Morgan fingerprint density at radius 3 is 2.25 bits per heavy atom. The topological polar surface area (TPSA) is 49.4 Å². The van der Waals surface area contributed by atoms with Crippen molar-refractivity contribution in [2.24, 2.45) is 5.41 Å². The molecule has 2 amide bonds. The lowest BCUT2D eigenvalue weighted by atomic mass is 9.90. The van der Waals surface area contributed by atoms with Crippen molar-refractivity contribution in [2.75, 3.05) is 18.4 Å². The van der Waals surface area contributed by atoms with E-state index in [1.54, 1.807) is 30.9 Å². The number of rotatable bonds is 3. The van der Waals surface area contributed by atoms with Crippen LogP contribution >= 0.6 is 15.9 Å². The number of carbonyl (C=O) groups is 2. The summed E-state index contributed by atoms with van der Waals surface area (Å²) < 4.78 is 0.947. The van der Waals surface area contributed by atoms with Crippen molar-refractivity contribution >= 4 is 33.4 Å². The van der Waals surface area contributed by atoms with Crippen LogP contribution in [0.25, 0.3) is 0 Å². The molecule has 1 aromatic carbocycles. The molecule has 1 fully saturated rings. The van der Waals surface area contributed by atoms with Gasteiger partial charge < -0.3 is 10.2 Å². The standard InChI is InChI=1S/C15H19BrN2O2/c1-15(2,14(20)18-9-3-4-10-18)13(19)17-12-7-5-11(16)6-8-12/h5-8H,3-4,9-10H2,1-2H3,(H,17,19). The molecule has 5 heteroatoms. The van der Waals surface area contributed by atoms with Crippen LogP contribution < -0.4 is 5.32 Å². The number of nitrogens with zero attached hydrogens (tertiary/aromatic N) is 1. The Labute approximate surface area is 127 Å². The summed E-state index contributed by atoms with van der Waals surface area (Å²) in [5.74, 6) is -0.360. The summed E-state index contributed by atoms with van der Waals surface area (Å²) in [5, 5.41) is 2.81. The van der Waals surface area contributed by atoms with E-state index in [9.17, 15) is 9.59 Å². The third kappa shape index (κ3) is 3.20. The first-order valence-electron chi connectivity index (χ1n) is 6.77. The number of benzene rings is 1. The summed E-state index contributed by atoms with van der Waals surface area (Å²) in [4.78, 5) is 26.5. The summed E-state index contributed by atoms with van der Waals surface area (Å²) >= 11 is 3.35. The van der Waals surface area contributed by atoms with Gasteiger partial charge in [-0.3, -0.25) is 9.59 Å². The molecule has 1 saturated heterocycles. The molecule has 1 heterocycles. The quantitative estimate of drug-likeness (QED) is 0.861. The number of hydrogen-bond donors (Lipinski definition) is 1. The van der Waals surface area contributed by atoms with Gasteiger partial charge in [-0.2, -0.15) is 0 Å². The smallest absolute Gasteiger partial charge is 0.239 e. The molecule has 1 aliphatic rings. The van der Waals surface area contributed by atoms with Gasteiger partial charge in [-0.25, -0.2) is 0 Å². The molecule has 0 unspecified atom stereocenters. The van der Waals surface area contributed by atoms with Crippen LogP contribution in [-0.4, -0.2) is 29.8 Å². The molecule has 0 aliphatic carbocycles. The van der Waals surface area contributed by atoms with Gasteiger partial charge >= 0.3 is 0 Å². The zero-order valence-electron chi connectivity index (χ0n) is 11.8. The van der Waals surface area contributed by atoms with Crippen LogP contribution in [0.5, 0.6) is 0 Å². The zero-order chi connectivity index (χ0) is 14.8. The van der Waals surface area contributed by atoms with Gasteiger partial charge in [0.05, 0.1) is 0 Å². The van der Waals surface area contributed by atoms with Gasteiger partial charge in [-0.05, 0) is 51.0 Å². The van der Waals surface area contributed by atoms with E-state index in [0.717, 1.165) is 30.4 Å². The van der Waals surface area contributed by atoms with Gasteiger partial charge in [0.15, 0.2) is 0 Å². The Balaban J connectivity index is 2.06. The lowest BCUT2D eigenvalue weighted by Crippen LogP contribution is -2.46. The second kappa shape index (κ2) is 5.95. The van der Waals surface area contributed by atoms with Crippen molar-refractivity contribution in [1.29, 1.82) is 0 Å². The highest BCUT2D eigenvalue weighted by molar-refractivity contribution is 9.10. The molecule has 0 aromatic heterocycles. The van der Waals surface area contributed by atoms with E-state index in [4.69, 9.17) is 0 Å². The van der Waals surface area contributed by atoms with Crippen molar-refractivity contribution in [1.82, 2.24) is 4.90 Å². The number of amides is 2. The van der Waals surface area contributed by atoms with Crippen molar-refractivity contribution in [3.05, 3.63) is 28.7 Å². The van der Waals surface area contributed by atoms with Crippen molar-refractivity contribution in [3.63, 3.8) is 0 Å². The van der Waals surface area contributed by atoms with Gasteiger partial charge in [-0.15, -0.1) is 0 Å². The predicted molar refractivity (Wildman–Crippen MR) is 82.4 cm³/mol. The van der Waals surface area contributed by atoms with E-state index in [-0.39, 0.29) is 11.8 Å². The second-order valence-electron chi connectivity index (χ2n) is 5.59. The molecule has 0 saturated carbocycles. The van der Waals surface area contributed by atoms with Crippen LogP contribution in [0.1, 0.15) is 26.7 Å². The lowest BCUT2D eigenvalue weighted by molar-refractivity contribution is -0.145. The van der Waals surface area contributed by atoms with Gasteiger partial charge in [0.2, 0.25) is 11.8 Å². The molecule has 0 bridgehead atoms. The number of anilines is 1. The maximum atomic E-state index is 12.4. The fourth-order valence-electron chi connectivity index (χ4n) is 2.23. The van der Waals surface area contributed by atoms with E-state index < -0.39 is 5.41 Å². The van der Waals surface area contributed by atoms with Gasteiger partial charge in [0, 0.05) is 23.2 Å². The SMILES string of the molecule is CC(C)(C(=O)Nc1ccc(Br)cc1)C(=O)N1CCCC1. The van der Waals surface area contributed by atoms with Crippen molar-refractivity contribution < 1.29 is 9.59 Å². The molecule has 4 nitrogen and oxygen atoms in total. The van der Waals surface area contributed by atoms with E-state index in [1.807, 2.05) is 12.1 Å². The molecule has 0 radical (unpaired) electrons. The highest BCUT2D eigenvalue weighted by Crippen LogP contribution is 2.24. The largest absolute Gasteiger partial charge is 0.342 e. The first-order valence-corrected chi connectivity index (χ1v) is 7.57. The molecular weight excluding hydrogens is 320 g/mol. The van der Waals surface area contributed by atoms with Crippen molar-refractivity contribution in [2.45, 2.75) is 26.7 Å². The van der Waals surface area contributed by atoms with Crippen LogP contribution in [0.4, 0.5) is 5.69 Å². The summed E-state index contributed by atoms with van der Waals surface area (Å²) in [6, 6.07) is 7.31. The fourth-order valence-corrected chi connectivity index (χ4v) is 2.50. The first kappa shape index (κ1) is 15.0.